The topological polar surface area (TPSA) is 95.1 Å². The van der Waals surface area contributed by atoms with E-state index >= 15 is 0 Å². The molecule has 0 aliphatic carbocycles. The lowest BCUT2D eigenvalue weighted by Crippen LogP contribution is -2.26. The van der Waals surface area contributed by atoms with Gasteiger partial charge in [-0.1, -0.05) is 19.1 Å². The maximum absolute atomic E-state index is 14.4. The van der Waals surface area contributed by atoms with Gasteiger partial charge in [0.1, 0.15) is 5.58 Å². The van der Waals surface area contributed by atoms with Crippen LogP contribution in [0.1, 0.15) is 72.8 Å². The van der Waals surface area contributed by atoms with Gasteiger partial charge in [0.2, 0.25) is 5.88 Å². The van der Waals surface area contributed by atoms with Gasteiger partial charge >= 0.3 is 0 Å². The zero-order valence-corrected chi connectivity index (χ0v) is 23.4. The second kappa shape index (κ2) is 12.6. The van der Waals surface area contributed by atoms with E-state index in [2.05, 4.69) is 28.9 Å². The molecule has 0 saturated carbocycles. The molecule has 3 aromatic rings. The number of hydrogen-bond acceptors (Lipinski definition) is 7. The molecule has 1 atom stereocenters. The Bertz CT molecular complexity index is 1520. The fourth-order valence-corrected chi connectivity index (χ4v) is 4.70. The summed E-state index contributed by atoms with van der Waals surface area (Å²) in [6.45, 7) is 16.7. The number of phenols is 1. The van der Waals surface area contributed by atoms with Crippen molar-refractivity contribution >= 4 is 35.6 Å². The van der Waals surface area contributed by atoms with E-state index in [1.165, 1.54) is 6.07 Å². The van der Waals surface area contributed by atoms with Gasteiger partial charge in [0.15, 0.2) is 23.3 Å². The van der Waals surface area contributed by atoms with Crippen LogP contribution in [0, 0.1) is 19.7 Å². The lowest BCUT2D eigenvalue weighted by atomic mass is 9.99. The second-order valence-corrected chi connectivity index (χ2v) is 9.47. The van der Waals surface area contributed by atoms with Gasteiger partial charge in [-0.2, -0.15) is 0 Å². The number of halogens is 1. The molecule has 8 heteroatoms. The van der Waals surface area contributed by atoms with Gasteiger partial charge < -0.3 is 19.7 Å². The second-order valence-electron chi connectivity index (χ2n) is 9.47. The molecule has 206 valence electrons. The molecule has 0 amide bonds. The summed E-state index contributed by atoms with van der Waals surface area (Å²) in [7, 11) is 0. The highest BCUT2D eigenvalue weighted by atomic mass is 19.1. The Morgan fingerprint density at radius 2 is 1.97 bits per heavy atom. The van der Waals surface area contributed by atoms with Crippen LogP contribution in [0.2, 0.25) is 0 Å². The smallest absolute Gasteiger partial charge is 0.202 e. The molecule has 2 aromatic carbocycles. The highest BCUT2D eigenvalue weighted by Gasteiger charge is 2.22. The van der Waals surface area contributed by atoms with E-state index in [0.717, 1.165) is 30.2 Å². The number of benzene rings is 2. The summed E-state index contributed by atoms with van der Waals surface area (Å²) in [5.41, 5.74) is 3.54. The number of allylic oxidation sites excluding steroid dienone is 2. The first-order valence-electron chi connectivity index (χ1n) is 13.0. The van der Waals surface area contributed by atoms with Crippen LogP contribution < -0.4 is 15.6 Å². The molecule has 1 heterocycles. The molecule has 0 radical (unpaired) electrons. The number of aromatic hydroxyl groups is 1. The number of aliphatic imine (C=N–C) groups is 1. The van der Waals surface area contributed by atoms with E-state index in [1.807, 2.05) is 39.8 Å². The summed E-state index contributed by atoms with van der Waals surface area (Å²) in [4.78, 5) is 31.0. The molecule has 39 heavy (non-hydrogen) atoms. The van der Waals surface area contributed by atoms with Crippen LogP contribution in [0.5, 0.6) is 5.75 Å². The first kappa shape index (κ1) is 29.4. The fourth-order valence-electron chi connectivity index (χ4n) is 4.70. The molecule has 3 rings (SSSR count). The van der Waals surface area contributed by atoms with Crippen molar-refractivity contribution in [1.82, 2.24) is 5.32 Å². The fraction of sp³-hybridized carbons (Fsp3) is 0.323. The number of nitrogens with one attached hydrogen (secondary N) is 1. The van der Waals surface area contributed by atoms with E-state index < -0.39 is 11.6 Å². The third kappa shape index (κ3) is 5.95. The maximum atomic E-state index is 14.4. The number of carbonyl (C=O) groups is 1. The summed E-state index contributed by atoms with van der Waals surface area (Å²) in [6, 6.07) is 5.89. The summed E-state index contributed by atoms with van der Waals surface area (Å²) in [5, 5.41) is 13.8. The molecule has 1 aromatic heterocycles. The van der Waals surface area contributed by atoms with Gasteiger partial charge in [0.25, 0.3) is 0 Å². The van der Waals surface area contributed by atoms with E-state index in [1.54, 1.807) is 19.1 Å². The summed E-state index contributed by atoms with van der Waals surface area (Å²) in [6.07, 6.45) is 4.84. The number of aldehydes is 1. The predicted molar refractivity (Wildman–Crippen MR) is 156 cm³/mol. The average molecular weight is 534 g/mol. The van der Waals surface area contributed by atoms with Gasteiger partial charge in [-0.15, -0.1) is 0 Å². The number of nitrogens with zero attached hydrogens (tertiary/aromatic N) is 2. The van der Waals surface area contributed by atoms with Crippen molar-refractivity contribution in [3.8, 4) is 5.75 Å². The zero-order valence-electron chi connectivity index (χ0n) is 23.4. The number of phenolic OH excluding ortho intramolecular Hbond substituents is 1. The van der Waals surface area contributed by atoms with Crippen LogP contribution >= 0.6 is 0 Å². The molecule has 0 saturated heterocycles. The molecule has 0 spiro atoms. The number of rotatable bonds is 11. The Morgan fingerprint density at radius 3 is 2.56 bits per heavy atom. The van der Waals surface area contributed by atoms with Gasteiger partial charge in [-0.25, -0.2) is 4.39 Å². The number of hydrogen-bond donors (Lipinski definition) is 2. The van der Waals surface area contributed by atoms with Gasteiger partial charge in [-0.05, 0) is 77.6 Å². The van der Waals surface area contributed by atoms with E-state index in [9.17, 15) is 19.1 Å². The van der Waals surface area contributed by atoms with Crippen molar-refractivity contribution in [1.29, 1.82) is 0 Å². The molecule has 2 N–H and O–H groups in total. The minimum atomic E-state index is -0.939. The first-order valence-corrected chi connectivity index (χ1v) is 13.0. The number of aryl methyl sites for hydroxylation is 1. The molecule has 1 unspecified atom stereocenters. The molecule has 0 fully saturated rings. The highest BCUT2D eigenvalue weighted by Crippen LogP contribution is 2.32. The Hall–Kier alpha value is -4.20. The minimum absolute atomic E-state index is 0.0726. The van der Waals surface area contributed by atoms with Crippen LogP contribution in [0.4, 0.5) is 10.3 Å². The Labute approximate surface area is 228 Å². The quantitative estimate of drug-likeness (QED) is 0.164. The number of carbonyl (C=O) groups excluding carboxylic acids is 1. The van der Waals surface area contributed by atoms with Crippen LogP contribution in [0.15, 0.2) is 56.3 Å². The molecular formula is C31H36FN3O4. The standard InChI is InChI=1S/C31H36FN3O4/c1-8-11-26(27(33-7)21-15-22(17-36)29(38)25(32)16-21)34-20(6)23-13-18(4)14-24-28(37)19(5)31(39-30(23)24)35(10-3)12-9-2/h8,11,13-17,20,34,38H,7,9-10,12H2,1-6H3/b11-8-,27-26+. The van der Waals surface area contributed by atoms with Gasteiger partial charge in [-0.3, -0.25) is 14.6 Å². The normalized spacial score (nSPS) is 12.9. The van der Waals surface area contributed by atoms with Crippen molar-refractivity contribution in [2.24, 2.45) is 4.99 Å². The molecule has 0 bridgehead atoms. The maximum Gasteiger partial charge on any atom is 0.202 e. The highest BCUT2D eigenvalue weighted by molar-refractivity contribution is 5.85. The molecular weight excluding hydrogens is 497 g/mol. The minimum Gasteiger partial charge on any atom is -0.504 e. The Morgan fingerprint density at radius 1 is 1.26 bits per heavy atom. The van der Waals surface area contributed by atoms with Crippen LogP contribution in [-0.4, -0.2) is 31.2 Å². The van der Waals surface area contributed by atoms with Gasteiger partial charge in [0.05, 0.1) is 33.9 Å². The lowest BCUT2D eigenvalue weighted by Gasteiger charge is -2.24. The Kier molecular flexibility index (Phi) is 9.46. The predicted octanol–water partition coefficient (Wildman–Crippen LogP) is 6.60. The summed E-state index contributed by atoms with van der Waals surface area (Å²) >= 11 is 0. The molecule has 7 nitrogen and oxygen atoms in total. The van der Waals surface area contributed by atoms with Crippen LogP contribution in [0.3, 0.4) is 0 Å². The van der Waals surface area contributed by atoms with Crippen LogP contribution in [-0.2, 0) is 0 Å². The molecule has 0 aliphatic heterocycles. The summed E-state index contributed by atoms with van der Waals surface area (Å²) < 4.78 is 20.9. The molecule has 0 aliphatic rings. The van der Waals surface area contributed by atoms with E-state index in [-0.39, 0.29) is 28.3 Å². The van der Waals surface area contributed by atoms with Crippen LogP contribution in [0.25, 0.3) is 16.7 Å². The monoisotopic (exact) mass is 533 g/mol. The third-order valence-corrected chi connectivity index (χ3v) is 6.61. The van der Waals surface area contributed by atoms with Crippen molar-refractivity contribution in [3.05, 3.63) is 86.0 Å². The Balaban J connectivity index is 2.22. The SMILES string of the molecule is C=N/C(=C(\C=C/C)NC(C)c1cc(C)cc2c(=O)c(C)c(N(CC)CCC)oc12)c1cc(F)c(O)c(C=O)c1. The average Bonchev–Trinajstić information content (AvgIpc) is 2.91. The van der Waals surface area contributed by atoms with Crippen molar-refractivity contribution in [2.75, 3.05) is 18.0 Å². The van der Waals surface area contributed by atoms with E-state index in [0.29, 0.717) is 40.9 Å². The summed E-state index contributed by atoms with van der Waals surface area (Å²) in [5.74, 6) is -1.10. The van der Waals surface area contributed by atoms with Crippen molar-refractivity contribution < 1.29 is 18.7 Å². The van der Waals surface area contributed by atoms with Gasteiger partial charge in [0, 0.05) is 24.2 Å². The first-order chi connectivity index (χ1) is 18.6. The lowest BCUT2D eigenvalue weighted by molar-refractivity contribution is 0.112. The van der Waals surface area contributed by atoms with E-state index in [4.69, 9.17) is 4.42 Å². The zero-order chi connectivity index (χ0) is 28.9. The third-order valence-electron chi connectivity index (χ3n) is 6.61. The largest absolute Gasteiger partial charge is 0.504 e. The van der Waals surface area contributed by atoms with Crippen molar-refractivity contribution in [2.45, 2.75) is 54.0 Å². The number of anilines is 1. The van der Waals surface area contributed by atoms with Crippen molar-refractivity contribution in [3.63, 3.8) is 0 Å². The number of fused-ring (bicyclic) bond motifs is 1.